The maximum absolute atomic E-state index is 12.0. The molecule has 16 heavy (non-hydrogen) atoms. The third kappa shape index (κ3) is 1.68. The van der Waals surface area contributed by atoms with Gasteiger partial charge in [-0.2, -0.15) is 17.0 Å². The fraction of sp³-hybridized carbons (Fsp3) is 0.778. The monoisotopic (exact) mass is 239 g/mol. The van der Waals surface area contributed by atoms with Crippen LogP contribution in [0.3, 0.4) is 0 Å². The van der Waals surface area contributed by atoms with Crippen LogP contribution in [0.2, 0.25) is 0 Å². The van der Waals surface area contributed by atoms with Gasteiger partial charge in [0.25, 0.3) is 0 Å². The minimum absolute atomic E-state index is 0.258. The van der Waals surface area contributed by atoms with E-state index < -0.39 is 0 Å². The fourth-order valence-electron chi connectivity index (χ4n) is 2.15. The predicted molar refractivity (Wildman–Crippen MR) is 58.9 cm³/mol. The third-order valence-corrected chi connectivity index (χ3v) is 4.49. The number of rotatable bonds is 2. The second-order valence-corrected chi connectivity index (χ2v) is 5.35. The number of nitrogens with zero attached hydrogens (tertiary/aromatic N) is 4. The number of likely N-dealkylation sites (tertiary alicyclic amines) is 1. The van der Waals surface area contributed by atoms with Crippen molar-refractivity contribution in [2.75, 3.05) is 24.6 Å². The Labute approximate surface area is 97.2 Å². The minimum atomic E-state index is 0.258. The van der Waals surface area contributed by atoms with Crippen LogP contribution < -0.4 is 0 Å². The lowest BCUT2D eigenvalue weighted by Crippen LogP contribution is -2.40. The SMILES string of the molecule is O=C(C1CSC1)N1CCC(c2nn[nH]n2)C1. The first kappa shape index (κ1) is 10.1. The average Bonchev–Trinajstić information content (AvgIpc) is 2.86. The molecule has 1 atom stereocenters. The molecular formula is C9H13N5OS. The average molecular weight is 239 g/mol. The van der Waals surface area contributed by atoms with E-state index in [0.29, 0.717) is 5.91 Å². The zero-order valence-corrected chi connectivity index (χ0v) is 9.61. The molecule has 0 aromatic carbocycles. The van der Waals surface area contributed by atoms with Gasteiger partial charge in [0.1, 0.15) is 0 Å². The molecule has 1 amide bonds. The van der Waals surface area contributed by atoms with Crippen molar-refractivity contribution in [3.8, 4) is 0 Å². The number of hydrogen-bond acceptors (Lipinski definition) is 5. The van der Waals surface area contributed by atoms with E-state index in [2.05, 4.69) is 20.6 Å². The van der Waals surface area contributed by atoms with Crippen molar-refractivity contribution in [2.24, 2.45) is 5.92 Å². The van der Waals surface area contributed by atoms with Crippen LogP contribution in [0.4, 0.5) is 0 Å². The highest BCUT2D eigenvalue weighted by Crippen LogP contribution is 2.30. The molecule has 3 heterocycles. The number of carbonyl (C=O) groups is 1. The van der Waals surface area contributed by atoms with Gasteiger partial charge in [0, 0.05) is 30.5 Å². The lowest BCUT2D eigenvalue weighted by molar-refractivity contribution is -0.133. The van der Waals surface area contributed by atoms with Crippen molar-refractivity contribution in [1.82, 2.24) is 25.5 Å². The molecule has 3 rings (SSSR count). The predicted octanol–water partition coefficient (Wildman–Crippen LogP) is -0.121. The molecule has 1 unspecified atom stereocenters. The summed E-state index contributed by atoms with van der Waals surface area (Å²) in [5, 5.41) is 14.0. The number of H-pyrrole nitrogens is 1. The molecular weight excluding hydrogens is 226 g/mol. The molecule has 86 valence electrons. The van der Waals surface area contributed by atoms with Crippen molar-refractivity contribution in [3.05, 3.63) is 5.82 Å². The van der Waals surface area contributed by atoms with E-state index in [-0.39, 0.29) is 11.8 Å². The molecule has 0 radical (unpaired) electrons. The number of tetrazole rings is 1. The summed E-state index contributed by atoms with van der Waals surface area (Å²) in [5.41, 5.74) is 0. The zero-order valence-electron chi connectivity index (χ0n) is 8.80. The van der Waals surface area contributed by atoms with E-state index in [9.17, 15) is 4.79 Å². The molecule has 2 fully saturated rings. The molecule has 7 heteroatoms. The van der Waals surface area contributed by atoms with Crippen LogP contribution in [-0.4, -0.2) is 56.0 Å². The highest BCUT2D eigenvalue weighted by atomic mass is 32.2. The van der Waals surface area contributed by atoms with Crippen LogP contribution in [0.25, 0.3) is 0 Å². The Kier molecular flexibility index (Phi) is 2.55. The Morgan fingerprint density at radius 1 is 1.50 bits per heavy atom. The molecule has 1 aromatic rings. The molecule has 2 aliphatic heterocycles. The van der Waals surface area contributed by atoms with E-state index in [1.54, 1.807) is 0 Å². The molecule has 0 bridgehead atoms. The van der Waals surface area contributed by atoms with E-state index >= 15 is 0 Å². The Bertz CT molecular complexity index is 377. The van der Waals surface area contributed by atoms with Gasteiger partial charge in [-0.05, 0) is 6.42 Å². The molecule has 1 N–H and O–H groups in total. The van der Waals surface area contributed by atoms with Gasteiger partial charge in [-0.25, -0.2) is 0 Å². The first-order valence-corrected chi connectivity index (χ1v) is 6.60. The summed E-state index contributed by atoms with van der Waals surface area (Å²) in [4.78, 5) is 13.9. The summed E-state index contributed by atoms with van der Waals surface area (Å²) < 4.78 is 0. The number of hydrogen-bond donors (Lipinski definition) is 1. The highest BCUT2D eigenvalue weighted by molar-refractivity contribution is 8.00. The van der Waals surface area contributed by atoms with E-state index in [1.165, 1.54) is 0 Å². The standard InChI is InChI=1S/C9H13N5OS/c15-9(7-4-16-5-7)14-2-1-6(3-14)8-10-12-13-11-8/h6-7H,1-5H2,(H,10,11,12,13). The van der Waals surface area contributed by atoms with Crippen molar-refractivity contribution in [3.63, 3.8) is 0 Å². The fourth-order valence-corrected chi connectivity index (χ4v) is 2.91. The maximum atomic E-state index is 12.0. The van der Waals surface area contributed by atoms with Crippen LogP contribution in [0.15, 0.2) is 0 Å². The van der Waals surface area contributed by atoms with E-state index in [4.69, 9.17) is 0 Å². The second-order valence-electron chi connectivity index (χ2n) is 4.27. The van der Waals surface area contributed by atoms with Crippen LogP contribution in [0, 0.1) is 5.92 Å². The van der Waals surface area contributed by atoms with E-state index in [0.717, 1.165) is 36.8 Å². The van der Waals surface area contributed by atoms with Gasteiger partial charge in [-0.3, -0.25) is 4.79 Å². The van der Waals surface area contributed by atoms with Crippen molar-refractivity contribution < 1.29 is 4.79 Å². The van der Waals surface area contributed by atoms with Gasteiger partial charge >= 0.3 is 0 Å². The molecule has 1 aromatic heterocycles. The quantitative estimate of drug-likeness (QED) is 0.778. The Morgan fingerprint density at radius 2 is 2.38 bits per heavy atom. The number of aromatic nitrogens is 4. The largest absolute Gasteiger partial charge is 0.342 e. The van der Waals surface area contributed by atoms with Crippen molar-refractivity contribution in [1.29, 1.82) is 0 Å². The minimum Gasteiger partial charge on any atom is -0.342 e. The Morgan fingerprint density at radius 3 is 3.00 bits per heavy atom. The first-order valence-electron chi connectivity index (χ1n) is 5.44. The van der Waals surface area contributed by atoms with Gasteiger partial charge in [0.2, 0.25) is 5.91 Å². The van der Waals surface area contributed by atoms with Crippen molar-refractivity contribution in [2.45, 2.75) is 12.3 Å². The molecule has 0 saturated carbocycles. The third-order valence-electron chi connectivity index (χ3n) is 3.21. The lowest BCUT2D eigenvalue weighted by Gasteiger charge is -2.28. The topological polar surface area (TPSA) is 74.8 Å². The van der Waals surface area contributed by atoms with E-state index in [1.807, 2.05) is 16.7 Å². The van der Waals surface area contributed by atoms with Gasteiger partial charge in [-0.15, -0.1) is 10.2 Å². The number of carbonyl (C=O) groups excluding carboxylic acids is 1. The smallest absolute Gasteiger partial charge is 0.227 e. The molecule has 0 aliphatic carbocycles. The summed E-state index contributed by atoms with van der Waals surface area (Å²) >= 11 is 1.84. The van der Waals surface area contributed by atoms with Gasteiger partial charge in [0.05, 0.1) is 5.92 Å². The summed E-state index contributed by atoms with van der Waals surface area (Å²) in [6.07, 6.45) is 0.950. The van der Waals surface area contributed by atoms with Gasteiger partial charge in [0.15, 0.2) is 5.82 Å². The number of thioether (sulfide) groups is 1. The first-order chi connectivity index (χ1) is 7.84. The Hall–Kier alpha value is -1.11. The zero-order chi connectivity index (χ0) is 11.0. The number of aromatic amines is 1. The summed E-state index contributed by atoms with van der Waals surface area (Å²) in [7, 11) is 0. The van der Waals surface area contributed by atoms with Crippen LogP contribution in [0.5, 0.6) is 0 Å². The van der Waals surface area contributed by atoms with Gasteiger partial charge in [-0.1, -0.05) is 5.21 Å². The van der Waals surface area contributed by atoms with Crippen LogP contribution >= 0.6 is 11.8 Å². The summed E-state index contributed by atoms with van der Waals surface area (Å²) in [5.74, 6) is 3.54. The van der Waals surface area contributed by atoms with Crippen LogP contribution in [0.1, 0.15) is 18.2 Å². The van der Waals surface area contributed by atoms with Crippen molar-refractivity contribution >= 4 is 17.7 Å². The summed E-state index contributed by atoms with van der Waals surface area (Å²) in [6, 6.07) is 0. The maximum Gasteiger partial charge on any atom is 0.227 e. The molecule has 0 spiro atoms. The van der Waals surface area contributed by atoms with Gasteiger partial charge < -0.3 is 4.90 Å². The highest BCUT2D eigenvalue weighted by Gasteiger charge is 2.35. The van der Waals surface area contributed by atoms with Crippen LogP contribution in [-0.2, 0) is 4.79 Å². The number of amides is 1. The lowest BCUT2D eigenvalue weighted by atomic mass is 10.1. The molecule has 2 aliphatic rings. The normalized spacial score (nSPS) is 25.8. The second kappa shape index (κ2) is 4.04. The summed E-state index contributed by atoms with van der Waals surface area (Å²) in [6.45, 7) is 1.58. The number of nitrogens with one attached hydrogen (secondary N) is 1. The Balaban J connectivity index is 1.62. The molecule has 6 nitrogen and oxygen atoms in total. The molecule has 2 saturated heterocycles.